The van der Waals surface area contributed by atoms with Crippen LogP contribution in [0.15, 0.2) is 48.1 Å². The largest absolute Gasteiger partial charge is 0.392 e. The number of hydrogen-bond donors (Lipinski definition) is 1. The number of hydrogen-bond acceptors (Lipinski definition) is 3. The van der Waals surface area contributed by atoms with Gasteiger partial charge in [-0.15, -0.1) is 0 Å². The second-order valence-electron chi connectivity index (χ2n) is 9.58. The lowest BCUT2D eigenvalue weighted by Gasteiger charge is -2.18. The molecule has 1 aliphatic heterocycles. The highest BCUT2D eigenvalue weighted by Crippen LogP contribution is 2.47. The van der Waals surface area contributed by atoms with Crippen molar-refractivity contribution in [1.82, 2.24) is 4.90 Å². The highest BCUT2D eigenvalue weighted by Gasteiger charge is 2.43. The minimum atomic E-state index is -0.200. The molecule has 4 rings (SSSR count). The molecule has 4 heteroatoms. The van der Waals surface area contributed by atoms with E-state index in [0.29, 0.717) is 24.2 Å². The third-order valence-electron chi connectivity index (χ3n) is 7.20. The molecule has 168 valence electrons. The molecule has 1 amide bonds. The van der Waals surface area contributed by atoms with E-state index in [0.717, 1.165) is 50.3 Å². The van der Waals surface area contributed by atoms with Crippen LogP contribution < -0.4 is 0 Å². The van der Waals surface area contributed by atoms with Crippen molar-refractivity contribution < 1.29 is 9.90 Å². The number of benzene rings is 1. The summed E-state index contributed by atoms with van der Waals surface area (Å²) >= 11 is 1.90. The molecular weight excluding hydrogens is 402 g/mol. The minimum absolute atomic E-state index is 0.200. The van der Waals surface area contributed by atoms with Crippen LogP contribution in [0, 0.1) is 24.7 Å². The number of aryl methyl sites for hydroxylation is 2. The summed E-state index contributed by atoms with van der Waals surface area (Å²) in [6.07, 6.45) is 13.9. The predicted molar refractivity (Wildman–Crippen MR) is 130 cm³/mol. The monoisotopic (exact) mass is 439 g/mol. The van der Waals surface area contributed by atoms with Crippen LogP contribution >= 0.6 is 11.8 Å². The first-order valence-corrected chi connectivity index (χ1v) is 13.2. The number of rotatable bonds is 9. The lowest BCUT2D eigenvalue weighted by Crippen LogP contribution is -2.27. The molecule has 4 atom stereocenters. The van der Waals surface area contributed by atoms with Gasteiger partial charge >= 0.3 is 0 Å². The van der Waals surface area contributed by atoms with Crippen LogP contribution in [0.2, 0.25) is 0 Å². The van der Waals surface area contributed by atoms with Crippen LogP contribution in [-0.2, 0) is 11.2 Å². The molecule has 3 aliphatic rings. The van der Waals surface area contributed by atoms with Crippen LogP contribution in [-0.4, -0.2) is 46.6 Å². The van der Waals surface area contributed by atoms with Crippen LogP contribution in [0.1, 0.15) is 49.7 Å². The van der Waals surface area contributed by atoms with Crippen molar-refractivity contribution in [3.63, 3.8) is 0 Å². The standard InChI is InChI=1S/C27H37NO2S/c1-20-7-6-9-21(15-20)8-2-3-10-24-25-17-22(16-23(25)18-26(24)29)19-31-14-11-27(30)28-12-4-5-13-28/h3,6-7,9-10,15-16,23-26,29H,2,4-5,8,11-14,17-19H2,1H3/t23-,24+,25-,26+/m0/s1. The van der Waals surface area contributed by atoms with Crippen molar-refractivity contribution in [2.24, 2.45) is 17.8 Å². The number of fused-ring (bicyclic) bond motifs is 1. The molecule has 0 unspecified atom stereocenters. The number of amides is 1. The zero-order valence-electron chi connectivity index (χ0n) is 18.8. The molecule has 1 N–H and O–H groups in total. The maximum atomic E-state index is 12.2. The van der Waals surface area contributed by atoms with Crippen LogP contribution in [0.4, 0.5) is 0 Å². The van der Waals surface area contributed by atoms with Crippen molar-refractivity contribution in [3.8, 4) is 0 Å². The Kier molecular flexibility index (Phi) is 7.95. The fourth-order valence-corrected chi connectivity index (χ4v) is 6.51. The first kappa shape index (κ1) is 22.7. The second-order valence-corrected chi connectivity index (χ2v) is 10.7. The average Bonchev–Trinajstić information content (AvgIpc) is 3.46. The van der Waals surface area contributed by atoms with E-state index in [4.69, 9.17) is 0 Å². The number of allylic oxidation sites excluding steroid dienone is 2. The minimum Gasteiger partial charge on any atom is -0.392 e. The van der Waals surface area contributed by atoms with Crippen LogP contribution in [0.3, 0.4) is 0 Å². The summed E-state index contributed by atoms with van der Waals surface area (Å²) in [4.78, 5) is 14.2. The van der Waals surface area contributed by atoms with Crippen molar-refractivity contribution in [3.05, 3.63) is 59.2 Å². The fraction of sp³-hybridized carbons (Fsp3) is 0.593. The molecule has 0 spiro atoms. The van der Waals surface area contributed by atoms with E-state index < -0.39 is 0 Å². The zero-order chi connectivity index (χ0) is 21.6. The lowest BCUT2D eigenvalue weighted by atomic mass is 9.89. The Morgan fingerprint density at radius 1 is 1.29 bits per heavy atom. The summed E-state index contributed by atoms with van der Waals surface area (Å²) in [6, 6.07) is 8.73. The van der Waals surface area contributed by atoms with E-state index in [2.05, 4.69) is 49.4 Å². The van der Waals surface area contributed by atoms with E-state index in [1.807, 2.05) is 16.7 Å². The molecule has 0 aromatic heterocycles. The van der Waals surface area contributed by atoms with Gasteiger partial charge < -0.3 is 10.0 Å². The lowest BCUT2D eigenvalue weighted by molar-refractivity contribution is -0.129. The summed E-state index contributed by atoms with van der Waals surface area (Å²) in [5.41, 5.74) is 4.23. The molecule has 31 heavy (non-hydrogen) atoms. The second kappa shape index (κ2) is 10.9. The van der Waals surface area contributed by atoms with Gasteiger partial charge in [0.1, 0.15) is 0 Å². The molecule has 2 fully saturated rings. The van der Waals surface area contributed by atoms with Crippen LogP contribution in [0.5, 0.6) is 0 Å². The number of carbonyl (C=O) groups excluding carboxylic acids is 1. The van der Waals surface area contributed by atoms with Gasteiger partial charge in [-0.2, -0.15) is 11.8 Å². The molecule has 0 bridgehead atoms. The number of nitrogens with zero attached hydrogens (tertiary/aromatic N) is 1. The van der Waals surface area contributed by atoms with E-state index in [9.17, 15) is 9.90 Å². The normalized spacial score (nSPS) is 27.8. The van der Waals surface area contributed by atoms with Crippen molar-refractivity contribution in [1.29, 1.82) is 0 Å². The predicted octanol–water partition coefficient (Wildman–Crippen LogP) is 5.17. The summed E-state index contributed by atoms with van der Waals surface area (Å²) in [5, 5.41) is 10.6. The molecule has 1 aromatic carbocycles. The molecule has 2 aliphatic carbocycles. The first-order valence-electron chi connectivity index (χ1n) is 12.1. The Bertz CT molecular complexity index is 811. The average molecular weight is 440 g/mol. The van der Waals surface area contributed by atoms with Gasteiger partial charge in [-0.1, -0.05) is 53.6 Å². The number of aliphatic hydroxyl groups excluding tert-OH is 1. The summed E-state index contributed by atoms with van der Waals surface area (Å²) in [5.74, 6) is 3.68. The van der Waals surface area contributed by atoms with Crippen molar-refractivity contribution >= 4 is 17.7 Å². The van der Waals surface area contributed by atoms with E-state index in [-0.39, 0.29) is 12.0 Å². The quantitative estimate of drug-likeness (QED) is 0.426. The van der Waals surface area contributed by atoms with Crippen LogP contribution in [0.25, 0.3) is 0 Å². The molecule has 0 radical (unpaired) electrons. The summed E-state index contributed by atoms with van der Waals surface area (Å²) < 4.78 is 0. The zero-order valence-corrected chi connectivity index (χ0v) is 19.7. The first-order chi connectivity index (χ1) is 15.1. The number of aliphatic hydroxyl groups is 1. The molecular formula is C27H37NO2S. The van der Waals surface area contributed by atoms with Gasteiger partial charge in [-0.05, 0) is 62.8 Å². The van der Waals surface area contributed by atoms with E-state index >= 15 is 0 Å². The molecule has 1 aromatic rings. The SMILES string of the molecule is Cc1cccc(CCC=C[C@@H]2[C@H]3CC(CSCCC(=O)N4CCCC4)=C[C@H]3C[C@H]2O)c1. The molecule has 1 saturated heterocycles. The Morgan fingerprint density at radius 2 is 2.13 bits per heavy atom. The van der Waals surface area contributed by atoms with E-state index in [1.54, 1.807) is 0 Å². The third-order valence-corrected chi connectivity index (χ3v) is 8.26. The Morgan fingerprint density at radius 3 is 2.94 bits per heavy atom. The fourth-order valence-electron chi connectivity index (χ4n) is 5.57. The summed E-state index contributed by atoms with van der Waals surface area (Å²) in [6.45, 7) is 4.06. The highest BCUT2D eigenvalue weighted by molar-refractivity contribution is 7.99. The molecule has 1 heterocycles. The van der Waals surface area contributed by atoms with Gasteiger partial charge in [0, 0.05) is 36.9 Å². The Labute approximate surface area is 192 Å². The Hall–Kier alpha value is -1.52. The van der Waals surface area contributed by atoms with E-state index in [1.165, 1.54) is 29.5 Å². The number of carbonyl (C=O) groups is 1. The molecule has 1 saturated carbocycles. The van der Waals surface area contributed by atoms with Gasteiger partial charge in [0.25, 0.3) is 0 Å². The summed E-state index contributed by atoms with van der Waals surface area (Å²) in [7, 11) is 0. The van der Waals surface area contributed by atoms with Crippen molar-refractivity contribution in [2.45, 2.75) is 58.0 Å². The Balaban J connectivity index is 1.18. The highest BCUT2D eigenvalue weighted by atomic mass is 32.2. The number of thioether (sulfide) groups is 1. The van der Waals surface area contributed by atoms with Gasteiger partial charge in [-0.3, -0.25) is 4.79 Å². The van der Waals surface area contributed by atoms with Gasteiger partial charge in [0.2, 0.25) is 5.91 Å². The topological polar surface area (TPSA) is 40.5 Å². The van der Waals surface area contributed by atoms with Crippen molar-refractivity contribution in [2.75, 3.05) is 24.6 Å². The van der Waals surface area contributed by atoms with Gasteiger partial charge in [0.15, 0.2) is 0 Å². The maximum absolute atomic E-state index is 12.2. The van der Waals surface area contributed by atoms with Gasteiger partial charge in [-0.25, -0.2) is 0 Å². The number of likely N-dealkylation sites (tertiary alicyclic amines) is 1. The van der Waals surface area contributed by atoms with Gasteiger partial charge in [0.05, 0.1) is 6.10 Å². The third kappa shape index (κ3) is 6.04. The smallest absolute Gasteiger partial charge is 0.223 e. The molecule has 3 nitrogen and oxygen atoms in total. The maximum Gasteiger partial charge on any atom is 0.223 e.